The van der Waals surface area contributed by atoms with E-state index < -0.39 is 21.7 Å². The Morgan fingerprint density at radius 2 is 1.77 bits per heavy atom. The van der Waals surface area contributed by atoms with E-state index in [1.807, 2.05) is 37.3 Å². The number of nitrogens with one attached hydrogen (secondary N) is 1. The standard InChI is InChI=1S/C30H34N2O6S/c1-5-30(6-2)18-24(23-9-7-8-10-26(23)38-30)31-29(33)28-19-32(25-17-20(3)11-16-27(25)37-28)39(34,35)22-14-12-21(36-4)13-15-22/h7-17,24,28H,5-6,18-19H2,1-4H3,(H,31,33)/t24-,28-/m1/s1. The maximum atomic E-state index is 13.8. The Morgan fingerprint density at radius 1 is 1.05 bits per heavy atom. The van der Waals surface area contributed by atoms with Gasteiger partial charge in [0.2, 0.25) is 0 Å². The molecule has 1 amide bonds. The number of carbonyl (C=O) groups excluding carboxylic acids is 1. The molecule has 0 spiro atoms. The van der Waals surface area contributed by atoms with Gasteiger partial charge in [-0.1, -0.05) is 38.1 Å². The van der Waals surface area contributed by atoms with E-state index in [4.69, 9.17) is 14.2 Å². The third-order valence-corrected chi connectivity index (χ3v) is 9.52. The number of amides is 1. The number of sulfonamides is 1. The minimum absolute atomic E-state index is 0.103. The van der Waals surface area contributed by atoms with E-state index in [9.17, 15) is 13.2 Å². The first kappa shape index (κ1) is 26.9. The zero-order valence-corrected chi connectivity index (χ0v) is 23.5. The van der Waals surface area contributed by atoms with Crippen molar-refractivity contribution in [1.82, 2.24) is 5.32 Å². The Morgan fingerprint density at radius 3 is 2.46 bits per heavy atom. The highest BCUT2D eigenvalue weighted by Crippen LogP contribution is 2.43. The van der Waals surface area contributed by atoms with Crippen molar-refractivity contribution in [2.45, 2.75) is 62.7 Å². The Labute approximate surface area is 229 Å². The van der Waals surface area contributed by atoms with Crippen LogP contribution in [0.5, 0.6) is 17.2 Å². The topological polar surface area (TPSA) is 94.2 Å². The Kier molecular flexibility index (Phi) is 7.20. The molecule has 3 aromatic rings. The number of carbonyl (C=O) groups is 1. The molecular formula is C30H34N2O6S. The van der Waals surface area contributed by atoms with E-state index in [1.165, 1.54) is 23.5 Å². The molecule has 2 aliphatic heterocycles. The normalized spacial score (nSPS) is 19.6. The van der Waals surface area contributed by atoms with Gasteiger partial charge in [0.15, 0.2) is 6.10 Å². The largest absolute Gasteiger partial charge is 0.497 e. The quantitative estimate of drug-likeness (QED) is 0.437. The van der Waals surface area contributed by atoms with E-state index in [2.05, 4.69) is 19.2 Å². The number of ether oxygens (including phenoxy) is 3. The molecular weight excluding hydrogens is 516 g/mol. The monoisotopic (exact) mass is 550 g/mol. The molecule has 2 aliphatic rings. The molecule has 39 heavy (non-hydrogen) atoms. The van der Waals surface area contributed by atoms with E-state index >= 15 is 0 Å². The van der Waals surface area contributed by atoms with Gasteiger partial charge in [0, 0.05) is 12.0 Å². The van der Waals surface area contributed by atoms with Crippen molar-refractivity contribution in [2.75, 3.05) is 18.0 Å². The molecule has 0 fully saturated rings. The number of anilines is 1. The zero-order valence-electron chi connectivity index (χ0n) is 22.6. The summed E-state index contributed by atoms with van der Waals surface area (Å²) in [5.74, 6) is 1.27. The predicted molar refractivity (Wildman–Crippen MR) is 149 cm³/mol. The maximum Gasteiger partial charge on any atom is 0.264 e. The summed E-state index contributed by atoms with van der Waals surface area (Å²) >= 11 is 0. The summed E-state index contributed by atoms with van der Waals surface area (Å²) < 4.78 is 46.6. The molecule has 0 saturated carbocycles. The lowest BCUT2D eigenvalue weighted by Gasteiger charge is -2.42. The van der Waals surface area contributed by atoms with Gasteiger partial charge >= 0.3 is 0 Å². The summed E-state index contributed by atoms with van der Waals surface area (Å²) in [7, 11) is -2.47. The van der Waals surface area contributed by atoms with Crippen LogP contribution in [0.2, 0.25) is 0 Å². The lowest BCUT2D eigenvalue weighted by Crippen LogP contribution is -2.52. The number of aryl methyl sites for hydroxylation is 1. The molecule has 0 radical (unpaired) electrons. The highest BCUT2D eigenvalue weighted by Gasteiger charge is 2.42. The first-order valence-corrected chi connectivity index (χ1v) is 14.7. The predicted octanol–water partition coefficient (Wildman–Crippen LogP) is 5.16. The molecule has 2 atom stereocenters. The second-order valence-corrected chi connectivity index (χ2v) is 11.9. The average Bonchev–Trinajstić information content (AvgIpc) is 2.96. The van der Waals surface area contributed by atoms with Crippen molar-refractivity contribution in [3.05, 3.63) is 77.9 Å². The number of fused-ring (bicyclic) bond motifs is 2. The van der Waals surface area contributed by atoms with Gasteiger partial charge in [-0.2, -0.15) is 0 Å². The van der Waals surface area contributed by atoms with Gasteiger partial charge in [-0.15, -0.1) is 0 Å². The van der Waals surface area contributed by atoms with Gasteiger partial charge in [-0.05, 0) is 67.8 Å². The maximum absolute atomic E-state index is 13.8. The number of benzene rings is 3. The summed E-state index contributed by atoms with van der Waals surface area (Å²) in [6.45, 7) is 5.89. The van der Waals surface area contributed by atoms with Crippen LogP contribution in [-0.2, 0) is 14.8 Å². The molecule has 5 rings (SSSR count). The summed E-state index contributed by atoms with van der Waals surface area (Å²) in [5.41, 5.74) is 1.79. The van der Waals surface area contributed by atoms with E-state index in [0.29, 0.717) is 23.6 Å². The number of para-hydroxylation sites is 1. The van der Waals surface area contributed by atoms with Crippen LogP contribution in [0.3, 0.4) is 0 Å². The molecule has 8 nitrogen and oxygen atoms in total. The van der Waals surface area contributed by atoms with Crippen molar-refractivity contribution in [2.24, 2.45) is 0 Å². The Balaban J connectivity index is 1.46. The van der Waals surface area contributed by atoms with Gasteiger partial charge in [-0.25, -0.2) is 8.42 Å². The molecule has 0 saturated heterocycles. The van der Waals surface area contributed by atoms with E-state index in [0.717, 1.165) is 29.7 Å². The highest BCUT2D eigenvalue weighted by molar-refractivity contribution is 7.92. The van der Waals surface area contributed by atoms with Crippen LogP contribution in [0, 0.1) is 6.92 Å². The molecule has 206 valence electrons. The lowest BCUT2D eigenvalue weighted by atomic mass is 9.83. The first-order chi connectivity index (χ1) is 18.7. The number of methoxy groups -OCH3 is 1. The fraction of sp³-hybridized carbons (Fsp3) is 0.367. The van der Waals surface area contributed by atoms with Gasteiger partial charge in [0.1, 0.15) is 22.8 Å². The van der Waals surface area contributed by atoms with Crippen LogP contribution in [0.4, 0.5) is 5.69 Å². The lowest BCUT2D eigenvalue weighted by molar-refractivity contribution is -0.129. The smallest absolute Gasteiger partial charge is 0.264 e. The first-order valence-electron chi connectivity index (χ1n) is 13.2. The third kappa shape index (κ3) is 5.03. The van der Waals surface area contributed by atoms with Crippen molar-refractivity contribution >= 4 is 21.6 Å². The zero-order chi connectivity index (χ0) is 27.8. The Bertz CT molecular complexity index is 1470. The molecule has 2 heterocycles. The van der Waals surface area contributed by atoms with Crippen molar-refractivity contribution in [3.63, 3.8) is 0 Å². The molecule has 9 heteroatoms. The van der Waals surface area contributed by atoms with Crippen LogP contribution in [0.25, 0.3) is 0 Å². The van der Waals surface area contributed by atoms with Crippen molar-refractivity contribution < 1.29 is 27.4 Å². The number of rotatable bonds is 7. The van der Waals surface area contributed by atoms with Crippen molar-refractivity contribution in [3.8, 4) is 17.2 Å². The summed E-state index contributed by atoms with van der Waals surface area (Å²) in [5, 5.41) is 3.16. The molecule has 0 bridgehead atoms. The van der Waals surface area contributed by atoms with Gasteiger partial charge in [-0.3, -0.25) is 9.10 Å². The number of hydrogen-bond donors (Lipinski definition) is 1. The molecule has 1 N–H and O–H groups in total. The van der Waals surface area contributed by atoms with Crippen LogP contribution in [0.1, 0.15) is 50.3 Å². The molecule has 0 aromatic heterocycles. The van der Waals surface area contributed by atoms with E-state index in [1.54, 1.807) is 24.3 Å². The molecule has 0 unspecified atom stereocenters. The van der Waals surface area contributed by atoms with Gasteiger partial charge in [0.05, 0.1) is 30.3 Å². The van der Waals surface area contributed by atoms with Crippen LogP contribution >= 0.6 is 0 Å². The van der Waals surface area contributed by atoms with Gasteiger partial charge < -0.3 is 19.5 Å². The van der Waals surface area contributed by atoms with Crippen LogP contribution < -0.4 is 23.8 Å². The second-order valence-electron chi connectivity index (χ2n) is 10.1. The molecule has 3 aromatic carbocycles. The van der Waals surface area contributed by atoms with Gasteiger partial charge in [0.25, 0.3) is 15.9 Å². The second kappa shape index (κ2) is 10.4. The fourth-order valence-electron chi connectivity index (χ4n) is 5.30. The minimum atomic E-state index is -3.99. The van der Waals surface area contributed by atoms with E-state index in [-0.39, 0.29) is 23.4 Å². The Hall–Kier alpha value is -3.72. The summed E-state index contributed by atoms with van der Waals surface area (Å²) in [6, 6.07) is 18.9. The highest BCUT2D eigenvalue weighted by atomic mass is 32.2. The third-order valence-electron chi connectivity index (χ3n) is 7.73. The van der Waals surface area contributed by atoms with Crippen molar-refractivity contribution in [1.29, 1.82) is 0 Å². The average molecular weight is 551 g/mol. The summed E-state index contributed by atoms with van der Waals surface area (Å²) in [6.07, 6.45) is 1.16. The number of hydrogen-bond acceptors (Lipinski definition) is 6. The minimum Gasteiger partial charge on any atom is -0.497 e. The number of nitrogens with zero attached hydrogens (tertiary/aromatic N) is 1. The summed E-state index contributed by atoms with van der Waals surface area (Å²) in [4.78, 5) is 13.8. The SMILES string of the molecule is CCC1(CC)C[C@@H](NC(=O)[C@H]2CN(S(=O)(=O)c3ccc(OC)cc3)c3cc(C)ccc3O2)c2ccccc2O1. The fourth-order valence-corrected chi connectivity index (χ4v) is 6.76. The van der Waals surface area contributed by atoms with Crippen LogP contribution in [0.15, 0.2) is 71.6 Å². The molecule has 0 aliphatic carbocycles. The van der Waals surface area contributed by atoms with Crippen LogP contribution in [-0.4, -0.2) is 39.7 Å².